The lowest BCUT2D eigenvalue weighted by molar-refractivity contribution is -0.151. The number of rotatable bonds is 4. The Morgan fingerprint density at radius 1 is 1.62 bits per heavy atom. The van der Waals surface area contributed by atoms with Gasteiger partial charge in [-0.05, 0) is 13.8 Å². The van der Waals surface area contributed by atoms with Crippen molar-refractivity contribution in [2.24, 2.45) is 0 Å². The first-order valence-electron chi connectivity index (χ1n) is 5.23. The third-order valence-electron chi connectivity index (χ3n) is 2.68. The van der Waals surface area contributed by atoms with Crippen LogP contribution in [0.15, 0.2) is 0 Å². The highest BCUT2D eigenvalue weighted by Gasteiger charge is 2.47. The van der Waals surface area contributed by atoms with Gasteiger partial charge in [-0.2, -0.15) is 0 Å². The molecule has 1 aliphatic heterocycles. The summed E-state index contributed by atoms with van der Waals surface area (Å²) in [5.74, 6) is -1.87. The second kappa shape index (κ2) is 4.78. The predicted molar refractivity (Wildman–Crippen MR) is 53.8 cm³/mol. The van der Waals surface area contributed by atoms with Gasteiger partial charge in [0, 0.05) is 19.6 Å². The van der Waals surface area contributed by atoms with Crippen molar-refractivity contribution in [2.75, 3.05) is 19.7 Å². The largest absolute Gasteiger partial charge is 0.479 e. The van der Waals surface area contributed by atoms with Gasteiger partial charge in [0.15, 0.2) is 0 Å². The quantitative estimate of drug-likeness (QED) is 0.765. The monoisotopic (exact) mass is 233 g/mol. The van der Waals surface area contributed by atoms with Crippen molar-refractivity contribution < 1.29 is 23.8 Å². The van der Waals surface area contributed by atoms with Crippen LogP contribution in [0.5, 0.6) is 0 Å². The van der Waals surface area contributed by atoms with Crippen LogP contribution >= 0.6 is 0 Å². The van der Waals surface area contributed by atoms with Crippen molar-refractivity contribution in [1.82, 2.24) is 4.90 Å². The maximum absolute atomic E-state index is 13.7. The highest BCUT2D eigenvalue weighted by molar-refractivity contribution is 5.84. The maximum atomic E-state index is 13.7. The summed E-state index contributed by atoms with van der Waals surface area (Å²) in [5.41, 5.74) is -2.30. The Morgan fingerprint density at radius 3 is 2.69 bits per heavy atom. The molecule has 1 heterocycles. The summed E-state index contributed by atoms with van der Waals surface area (Å²) in [6.45, 7) is 3.45. The van der Waals surface area contributed by atoms with E-state index in [-0.39, 0.29) is 18.9 Å². The molecule has 92 valence electrons. The molecule has 0 aromatic rings. The van der Waals surface area contributed by atoms with Crippen LogP contribution in [0.1, 0.15) is 20.3 Å². The minimum atomic E-state index is -2.30. The first kappa shape index (κ1) is 12.9. The molecular weight excluding hydrogens is 217 g/mol. The Bertz CT molecular complexity index is 297. The SMILES string of the molecule is CCOC(C)C(=O)N1CCC(F)(C(=O)O)C1. The van der Waals surface area contributed by atoms with Crippen LogP contribution in [-0.4, -0.2) is 53.4 Å². The van der Waals surface area contributed by atoms with E-state index in [2.05, 4.69) is 0 Å². The number of halogens is 1. The number of aliphatic carboxylic acids is 1. The summed E-state index contributed by atoms with van der Waals surface area (Å²) in [6.07, 6.45) is -0.812. The highest BCUT2D eigenvalue weighted by atomic mass is 19.1. The molecule has 0 spiro atoms. The van der Waals surface area contributed by atoms with Crippen LogP contribution < -0.4 is 0 Å². The summed E-state index contributed by atoms with van der Waals surface area (Å²) in [6, 6.07) is 0. The molecular formula is C10H16FNO4. The molecule has 16 heavy (non-hydrogen) atoms. The molecule has 0 aliphatic carbocycles. The van der Waals surface area contributed by atoms with E-state index in [1.54, 1.807) is 13.8 Å². The lowest BCUT2D eigenvalue weighted by Gasteiger charge is -2.21. The first-order valence-corrected chi connectivity index (χ1v) is 5.23. The summed E-state index contributed by atoms with van der Waals surface area (Å²) in [7, 11) is 0. The van der Waals surface area contributed by atoms with E-state index in [0.29, 0.717) is 6.61 Å². The normalized spacial score (nSPS) is 26.8. The molecule has 0 aromatic carbocycles. The van der Waals surface area contributed by atoms with E-state index in [1.165, 1.54) is 4.90 Å². The number of ether oxygens (including phenoxy) is 1. The van der Waals surface area contributed by atoms with Crippen molar-refractivity contribution in [3.63, 3.8) is 0 Å². The molecule has 1 fully saturated rings. The third-order valence-corrected chi connectivity index (χ3v) is 2.68. The number of hydrogen-bond acceptors (Lipinski definition) is 3. The van der Waals surface area contributed by atoms with Gasteiger partial charge in [-0.1, -0.05) is 0 Å². The number of amides is 1. The van der Waals surface area contributed by atoms with Gasteiger partial charge in [0.05, 0.1) is 6.54 Å². The second-order valence-corrected chi connectivity index (χ2v) is 3.88. The molecule has 5 nitrogen and oxygen atoms in total. The van der Waals surface area contributed by atoms with E-state index < -0.39 is 24.3 Å². The van der Waals surface area contributed by atoms with Crippen LogP contribution in [0.25, 0.3) is 0 Å². The Hall–Kier alpha value is -1.17. The van der Waals surface area contributed by atoms with Gasteiger partial charge in [-0.3, -0.25) is 4.79 Å². The highest BCUT2D eigenvalue weighted by Crippen LogP contribution is 2.26. The van der Waals surface area contributed by atoms with Gasteiger partial charge in [0.2, 0.25) is 5.67 Å². The minimum absolute atomic E-state index is 0.124. The first-order chi connectivity index (χ1) is 7.40. The minimum Gasteiger partial charge on any atom is -0.479 e. The second-order valence-electron chi connectivity index (χ2n) is 3.88. The zero-order valence-electron chi connectivity index (χ0n) is 9.40. The summed E-state index contributed by atoms with van der Waals surface area (Å²) < 4.78 is 18.7. The molecule has 0 aromatic heterocycles. The van der Waals surface area contributed by atoms with Crippen LogP contribution in [0.2, 0.25) is 0 Å². The van der Waals surface area contributed by atoms with E-state index in [4.69, 9.17) is 9.84 Å². The van der Waals surface area contributed by atoms with Crippen LogP contribution in [0.4, 0.5) is 4.39 Å². The average molecular weight is 233 g/mol. The summed E-state index contributed by atoms with van der Waals surface area (Å²) in [4.78, 5) is 23.5. The van der Waals surface area contributed by atoms with E-state index in [0.717, 1.165) is 0 Å². The molecule has 1 amide bonds. The predicted octanol–water partition coefficient (Wildman–Crippen LogP) is 0.437. The average Bonchev–Trinajstić information content (AvgIpc) is 2.61. The summed E-state index contributed by atoms with van der Waals surface area (Å²) >= 11 is 0. The van der Waals surface area contributed by atoms with E-state index in [9.17, 15) is 14.0 Å². The van der Waals surface area contributed by atoms with Crippen molar-refractivity contribution in [3.05, 3.63) is 0 Å². The van der Waals surface area contributed by atoms with Gasteiger partial charge >= 0.3 is 5.97 Å². The van der Waals surface area contributed by atoms with Gasteiger partial charge in [-0.15, -0.1) is 0 Å². The standard InChI is InChI=1S/C10H16FNO4/c1-3-16-7(2)8(13)12-5-4-10(11,6-12)9(14)15/h7H,3-6H2,1-2H3,(H,14,15). The van der Waals surface area contributed by atoms with Crippen molar-refractivity contribution in [1.29, 1.82) is 0 Å². The molecule has 0 bridgehead atoms. The van der Waals surface area contributed by atoms with Crippen LogP contribution in [0.3, 0.4) is 0 Å². The Balaban J connectivity index is 2.59. The molecule has 1 rings (SSSR count). The fraction of sp³-hybridized carbons (Fsp3) is 0.800. The third kappa shape index (κ3) is 2.49. The fourth-order valence-corrected chi connectivity index (χ4v) is 1.71. The van der Waals surface area contributed by atoms with Gasteiger partial charge in [0.25, 0.3) is 5.91 Å². The van der Waals surface area contributed by atoms with Crippen LogP contribution in [0, 0.1) is 0 Å². The van der Waals surface area contributed by atoms with E-state index >= 15 is 0 Å². The van der Waals surface area contributed by atoms with Crippen LogP contribution in [-0.2, 0) is 14.3 Å². The number of carbonyl (C=O) groups is 2. The number of likely N-dealkylation sites (tertiary alicyclic amines) is 1. The Kier molecular flexibility index (Phi) is 3.85. The smallest absolute Gasteiger partial charge is 0.343 e. The van der Waals surface area contributed by atoms with Crippen molar-refractivity contribution >= 4 is 11.9 Å². The van der Waals surface area contributed by atoms with Crippen molar-refractivity contribution in [2.45, 2.75) is 32.0 Å². The molecule has 0 saturated carbocycles. The number of carboxylic acid groups (broad SMARTS) is 1. The number of nitrogens with zero attached hydrogens (tertiary/aromatic N) is 1. The molecule has 2 atom stereocenters. The summed E-state index contributed by atoms with van der Waals surface area (Å²) in [5, 5.41) is 8.67. The Morgan fingerprint density at radius 2 is 2.25 bits per heavy atom. The number of hydrogen-bond donors (Lipinski definition) is 1. The molecule has 6 heteroatoms. The molecule has 2 unspecified atom stereocenters. The zero-order valence-corrected chi connectivity index (χ0v) is 9.40. The van der Waals surface area contributed by atoms with E-state index in [1.807, 2.05) is 0 Å². The van der Waals surface area contributed by atoms with Gasteiger partial charge < -0.3 is 14.7 Å². The fourth-order valence-electron chi connectivity index (χ4n) is 1.71. The Labute approximate surface area is 93.2 Å². The zero-order chi connectivity index (χ0) is 12.3. The molecule has 1 saturated heterocycles. The maximum Gasteiger partial charge on any atom is 0.343 e. The number of carbonyl (C=O) groups excluding carboxylic acids is 1. The number of alkyl halides is 1. The topological polar surface area (TPSA) is 66.8 Å². The molecule has 1 aliphatic rings. The molecule has 0 radical (unpaired) electrons. The molecule has 1 N–H and O–H groups in total. The van der Waals surface area contributed by atoms with Gasteiger partial charge in [0.1, 0.15) is 6.10 Å². The lowest BCUT2D eigenvalue weighted by atomic mass is 10.1. The van der Waals surface area contributed by atoms with Crippen molar-refractivity contribution in [3.8, 4) is 0 Å². The number of carboxylic acids is 1. The lowest BCUT2D eigenvalue weighted by Crippen LogP contribution is -2.42. The van der Waals surface area contributed by atoms with Gasteiger partial charge in [-0.25, -0.2) is 9.18 Å².